The van der Waals surface area contributed by atoms with Crippen LogP contribution in [0.25, 0.3) is 0 Å². The predicted octanol–water partition coefficient (Wildman–Crippen LogP) is 3.65. The summed E-state index contributed by atoms with van der Waals surface area (Å²) in [7, 11) is 0. The van der Waals surface area contributed by atoms with Crippen LogP contribution in [0.3, 0.4) is 0 Å². The van der Waals surface area contributed by atoms with E-state index in [9.17, 15) is 9.59 Å². The van der Waals surface area contributed by atoms with Gasteiger partial charge in [-0.05, 0) is 37.1 Å². The van der Waals surface area contributed by atoms with Crippen molar-refractivity contribution in [3.05, 3.63) is 60.4 Å². The van der Waals surface area contributed by atoms with Crippen LogP contribution < -0.4 is 4.74 Å². The Morgan fingerprint density at radius 3 is 2.41 bits per heavy atom. The van der Waals surface area contributed by atoms with Gasteiger partial charge in [-0.25, -0.2) is 0 Å². The van der Waals surface area contributed by atoms with Crippen molar-refractivity contribution in [1.82, 2.24) is 9.88 Å². The Morgan fingerprint density at radius 2 is 1.74 bits per heavy atom. The standard InChI is InChI=1S/C22H24N2O3/c25-21(16-5-4-12-23-15-16)10-11-22(26)24-17-8-9-18(24)14-20(13-17)27-19-6-2-1-3-7-19/h1-7,12,15,17-18,20H,8-11,13-14H2. The van der Waals surface area contributed by atoms with Crippen molar-refractivity contribution < 1.29 is 14.3 Å². The molecule has 0 radical (unpaired) electrons. The lowest BCUT2D eigenvalue weighted by Crippen LogP contribution is -2.49. The van der Waals surface area contributed by atoms with E-state index in [-0.39, 0.29) is 42.7 Å². The Bertz CT molecular complexity index is 780. The van der Waals surface area contributed by atoms with Crippen LogP contribution in [0, 0.1) is 0 Å². The third kappa shape index (κ3) is 4.02. The zero-order valence-electron chi connectivity index (χ0n) is 15.3. The van der Waals surface area contributed by atoms with E-state index in [4.69, 9.17) is 4.74 Å². The molecule has 4 rings (SSSR count). The van der Waals surface area contributed by atoms with Crippen LogP contribution in [0.2, 0.25) is 0 Å². The van der Waals surface area contributed by atoms with Crippen LogP contribution in [-0.2, 0) is 4.79 Å². The first kappa shape index (κ1) is 17.7. The molecule has 0 saturated carbocycles. The molecule has 140 valence electrons. The van der Waals surface area contributed by atoms with Gasteiger partial charge in [0, 0.05) is 55.7 Å². The summed E-state index contributed by atoms with van der Waals surface area (Å²) < 4.78 is 6.12. The molecule has 2 aliphatic heterocycles. The number of carbonyl (C=O) groups excluding carboxylic acids is 2. The van der Waals surface area contributed by atoms with E-state index in [1.54, 1.807) is 24.5 Å². The summed E-state index contributed by atoms with van der Waals surface area (Å²) in [5.74, 6) is 0.965. The maximum Gasteiger partial charge on any atom is 0.223 e. The molecular weight excluding hydrogens is 340 g/mol. The first-order chi connectivity index (χ1) is 13.2. The fourth-order valence-electron chi connectivity index (χ4n) is 4.34. The van der Waals surface area contributed by atoms with Crippen LogP contribution in [0.1, 0.15) is 48.9 Å². The number of pyridine rings is 1. The fourth-order valence-corrected chi connectivity index (χ4v) is 4.34. The van der Waals surface area contributed by atoms with Gasteiger partial charge in [0.25, 0.3) is 0 Å². The van der Waals surface area contributed by atoms with Gasteiger partial charge in [-0.2, -0.15) is 0 Å². The second kappa shape index (κ2) is 7.91. The van der Waals surface area contributed by atoms with Gasteiger partial charge in [0.15, 0.2) is 5.78 Å². The zero-order valence-corrected chi connectivity index (χ0v) is 15.3. The van der Waals surface area contributed by atoms with Gasteiger partial charge in [0.2, 0.25) is 5.91 Å². The minimum absolute atomic E-state index is 0.0221. The highest BCUT2D eigenvalue weighted by molar-refractivity contribution is 5.97. The zero-order chi connectivity index (χ0) is 18.6. The number of amides is 1. The number of aromatic nitrogens is 1. The van der Waals surface area contributed by atoms with Crippen molar-refractivity contribution in [2.75, 3.05) is 0 Å². The van der Waals surface area contributed by atoms with Crippen LogP contribution in [0.15, 0.2) is 54.9 Å². The first-order valence-electron chi connectivity index (χ1n) is 9.67. The SMILES string of the molecule is O=C(CCC(=O)N1C2CCC1CC(Oc1ccccc1)C2)c1cccnc1. The van der Waals surface area contributed by atoms with Crippen molar-refractivity contribution in [2.45, 2.75) is 56.7 Å². The van der Waals surface area contributed by atoms with Gasteiger partial charge in [0.1, 0.15) is 11.9 Å². The van der Waals surface area contributed by atoms with Gasteiger partial charge in [-0.15, -0.1) is 0 Å². The summed E-state index contributed by atoms with van der Waals surface area (Å²) in [5, 5.41) is 0. The monoisotopic (exact) mass is 364 g/mol. The number of rotatable bonds is 6. The Balaban J connectivity index is 1.32. The van der Waals surface area contributed by atoms with Crippen LogP contribution in [0.4, 0.5) is 0 Å². The number of fused-ring (bicyclic) bond motifs is 2. The molecule has 2 bridgehead atoms. The smallest absolute Gasteiger partial charge is 0.223 e. The van der Waals surface area contributed by atoms with Gasteiger partial charge >= 0.3 is 0 Å². The molecule has 27 heavy (non-hydrogen) atoms. The normalized spacial score (nSPS) is 23.9. The quantitative estimate of drug-likeness (QED) is 0.734. The van der Waals surface area contributed by atoms with Crippen LogP contribution in [0.5, 0.6) is 5.75 Å². The highest BCUT2D eigenvalue weighted by Gasteiger charge is 2.43. The third-order valence-corrected chi connectivity index (χ3v) is 5.57. The van der Waals surface area contributed by atoms with E-state index in [1.165, 1.54) is 0 Å². The average molecular weight is 364 g/mol. The molecule has 5 nitrogen and oxygen atoms in total. The molecule has 2 aliphatic rings. The number of Topliss-reactive ketones (excluding diaryl/α,β-unsaturated/α-hetero) is 1. The lowest BCUT2D eigenvalue weighted by molar-refractivity contribution is -0.137. The molecular formula is C22H24N2O3. The van der Waals surface area contributed by atoms with E-state index in [1.807, 2.05) is 35.2 Å². The molecule has 1 amide bonds. The summed E-state index contributed by atoms with van der Waals surface area (Å²) in [6, 6.07) is 13.8. The number of para-hydroxylation sites is 1. The van der Waals surface area contributed by atoms with Crippen LogP contribution in [-0.4, -0.2) is 39.8 Å². The van der Waals surface area contributed by atoms with E-state index in [0.29, 0.717) is 5.56 Å². The molecule has 0 spiro atoms. The molecule has 2 aromatic rings. The molecule has 5 heteroatoms. The number of ether oxygens (including phenoxy) is 1. The second-order valence-corrected chi connectivity index (χ2v) is 7.38. The second-order valence-electron chi connectivity index (χ2n) is 7.38. The van der Waals surface area contributed by atoms with E-state index >= 15 is 0 Å². The fraction of sp³-hybridized carbons (Fsp3) is 0.409. The lowest BCUT2D eigenvalue weighted by Gasteiger charge is -2.39. The van der Waals surface area contributed by atoms with Crippen molar-refractivity contribution in [3.63, 3.8) is 0 Å². The van der Waals surface area contributed by atoms with Crippen molar-refractivity contribution in [2.24, 2.45) is 0 Å². The van der Waals surface area contributed by atoms with Crippen molar-refractivity contribution in [1.29, 1.82) is 0 Å². The Kier molecular flexibility index (Phi) is 5.19. The number of nitrogens with zero attached hydrogens (tertiary/aromatic N) is 2. The van der Waals surface area contributed by atoms with Crippen molar-refractivity contribution >= 4 is 11.7 Å². The molecule has 0 aliphatic carbocycles. The number of piperidine rings is 1. The summed E-state index contributed by atoms with van der Waals surface area (Å²) in [6.45, 7) is 0. The lowest BCUT2D eigenvalue weighted by atomic mass is 9.98. The maximum atomic E-state index is 12.8. The molecule has 0 N–H and O–H groups in total. The molecule has 1 aromatic heterocycles. The largest absolute Gasteiger partial charge is 0.490 e. The minimum atomic E-state index is -0.0221. The molecule has 2 saturated heterocycles. The van der Waals surface area contributed by atoms with E-state index in [0.717, 1.165) is 31.4 Å². The van der Waals surface area contributed by atoms with Crippen LogP contribution >= 0.6 is 0 Å². The third-order valence-electron chi connectivity index (χ3n) is 5.57. The topological polar surface area (TPSA) is 59.5 Å². The average Bonchev–Trinajstić information content (AvgIpc) is 2.98. The first-order valence-corrected chi connectivity index (χ1v) is 9.67. The highest BCUT2D eigenvalue weighted by Crippen LogP contribution is 2.37. The molecule has 2 atom stereocenters. The number of benzene rings is 1. The Morgan fingerprint density at radius 1 is 1.00 bits per heavy atom. The minimum Gasteiger partial charge on any atom is -0.490 e. The predicted molar refractivity (Wildman–Crippen MR) is 102 cm³/mol. The number of ketones is 1. The number of hydrogen-bond donors (Lipinski definition) is 0. The van der Waals surface area contributed by atoms with E-state index < -0.39 is 0 Å². The van der Waals surface area contributed by atoms with Crippen molar-refractivity contribution in [3.8, 4) is 5.75 Å². The number of carbonyl (C=O) groups is 2. The highest BCUT2D eigenvalue weighted by atomic mass is 16.5. The molecule has 1 aromatic carbocycles. The van der Waals surface area contributed by atoms with E-state index in [2.05, 4.69) is 4.98 Å². The summed E-state index contributed by atoms with van der Waals surface area (Å²) in [5.41, 5.74) is 0.572. The van der Waals surface area contributed by atoms with Gasteiger partial charge < -0.3 is 9.64 Å². The molecule has 3 heterocycles. The Labute approximate surface area is 159 Å². The van der Waals surface area contributed by atoms with Gasteiger partial charge in [-0.3, -0.25) is 14.6 Å². The number of hydrogen-bond acceptors (Lipinski definition) is 4. The summed E-state index contributed by atoms with van der Waals surface area (Å²) in [4.78, 5) is 31.0. The molecule has 2 fully saturated rings. The Hall–Kier alpha value is -2.69. The molecule has 2 unspecified atom stereocenters. The maximum absolute atomic E-state index is 12.8. The summed E-state index contributed by atoms with van der Waals surface area (Å²) in [6.07, 6.45) is 7.66. The summed E-state index contributed by atoms with van der Waals surface area (Å²) >= 11 is 0. The van der Waals surface area contributed by atoms with Gasteiger partial charge in [0.05, 0.1) is 0 Å². The van der Waals surface area contributed by atoms with Gasteiger partial charge in [-0.1, -0.05) is 18.2 Å².